The van der Waals surface area contributed by atoms with Crippen molar-refractivity contribution in [1.29, 1.82) is 0 Å². The van der Waals surface area contributed by atoms with Crippen LogP contribution < -0.4 is 5.32 Å². The Morgan fingerprint density at radius 2 is 2.11 bits per heavy atom. The quantitative estimate of drug-likeness (QED) is 0.799. The van der Waals surface area contributed by atoms with Gasteiger partial charge >= 0.3 is 0 Å². The van der Waals surface area contributed by atoms with Gasteiger partial charge in [0.15, 0.2) is 0 Å². The first-order chi connectivity index (χ1) is 8.64. The smallest absolute Gasteiger partial charge is 0.0309 e. The van der Waals surface area contributed by atoms with Crippen molar-refractivity contribution in [3.8, 4) is 0 Å². The lowest BCUT2D eigenvalue weighted by atomic mass is 9.89. The molecular formula is C15H30N2S. The fourth-order valence-corrected chi connectivity index (χ4v) is 4.28. The van der Waals surface area contributed by atoms with E-state index in [0.717, 1.165) is 18.0 Å². The lowest BCUT2D eigenvalue weighted by Gasteiger charge is -2.49. The molecule has 3 unspecified atom stereocenters. The molecule has 0 bridgehead atoms. The molecule has 0 amide bonds. The third-order valence-corrected chi connectivity index (χ3v) is 5.69. The lowest BCUT2D eigenvalue weighted by Crippen LogP contribution is -2.66. The molecule has 3 heteroatoms. The van der Waals surface area contributed by atoms with Crippen LogP contribution in [0.5, 0.6) is 0 Å². The highest BCUT2D eigenvalue weighted by Gasteiger charge is 2.46. The highest BCUT2D eigenvalue weighted by Crippen LogP contribution is 2.42. The molecule has 2 rings (SSSR count). The van der Waals surface area contributed by atoms with Crippen LogP contribution in [0, 0.1) is 5.92 Å². The van der Waals surface area contributed by atoms with E-state index in [0.29, 0.717) is 5.54 Å². The lowest BCUT2D eigenvalue weighted by molar-refractivity contribution is 0.0427. The van der Waals surface area contributed by atoms with Crippen molar-refractivity contribution in [1.82, 2.24) is 10.2 Å². The standard InChI is InChI=1S/C15H30N2S/c1-5-13-9-16-15(3,12-7-8-12)11-17(13)14(6-2)10-18-4/h12-14,16H,5-11H2,1-4H3. The second kappa shape index (κ2) is 6.15. The van der Waals surface area contributed by atoms with E-state index in [-0.39, 0.29) is 0 Å². The number of hydrogen-bond acceptors (Lipinski definition) is 3. The van der Waals surface area contributed by atoms with Gasteiger partial charge in [-0.05, 0) is 44.8 Å². The van der Waals surface area contributed by atoms with Gasteiger partial charge in [0.2, 0.25) is 0 Å². The molecule has 1 saturated carbocycles. The Labute approximate surface area is 117 Å². The predicted octanol–water partition coefficient (Wildman–Crippen LogP) is 2.98. The van der Waals surface area contributed by atoms with E-state index in [9.17, 15) is 0 Å². The van der Waals surface area contributed by atoms with Gasteiger partial charge < -0.3 is 5.32 Å². The summed E-state index contributed by atoms with van der Waals surface area (Å²) in [6.45, 7) is 9.59. The van der Waals surface area contributed by atoms with Crippen molar-refractivity contribution >= 4 is 11.8 Å². The highest BCUT2D eigenvalue weighted by atomic mass is 32.2. The van der Waals surface area contributed by atoms with Gasteiger partial charge in [-0.3, -0.25) is 4.90 Å². The average Bonchev–Trinajstić information content (AvgIpc) is 3.20. The fraction of sp³-hybridized carbons (Fsp3) is 1.00. The van der Waals surface area contributed by atoms with Crippen molar-refractivity contribution in [2.45, 2.75) is 64.1 Å². The van der Waals surface area contributed by atoms with E-state index < -0.39 is 0 Å². The van der Waals surface area contributed by atoms with Crippen LogP contribution in [-0.4, -0.2) is 47.6 Å². The molecule has 0 aromatic rings. The summed E-state index contributed by atoms with van der Waals surface area (Å²) in [7, 11) is 0. The molecular weight excluding hydrogens is 240 g/mol. The van der Waals surface area contributed by atoms with Crippen molar-refractivity contribution in [3.05, 3.63) is 0 Å². The third-order valence-electron chi connectivity index (χ3n) is 4.97. The minimum absolute atomic E-state index is 0.386. The van der Waals surface area contributed by atoms with Gasteiger partial charge in [0, 0.05) is 36.5 Å². The van der Waals surface area contributed by atoms with Crippen LogP contribution >= 0.6 is 11.8 Å². The molecule has 1 heterocycles. The van der Waals surface area contributed by atoms with Gasteiger partial charge in [0.1, 0.15) is 0 Å². The van der Waals surface area contributed by atoms with Gasteiger partial charge in [-0.15, -0.1) is 0 Å². The third kappa shape index (κ3) is 3.05. The molecule has 0 radical (unpaired) electrons. The molecule has 1 saturated heterocycles. The van der Waals surface area contributed by atoms with Crippen molar-refractivity contribution < 1.29 is 0 Å². The molecule has 3 atom stereocenters. The SMILES string of the molecule is CCC1CNC(C)(C2CC2)CN1C(CC)CSC. The van der Waals surface area contributed by atoms with Crippen molar-refractivity contribution in [3.63, 3.8) is 0 Å². The van der Waals surface area contributed by atoms with Crippen LogP contribution in [-0.2, 0) is 0 Å². The molecule has 2 aliphatic rings. The topological polar surface area (TPSA) is 15.3 Å². The fourth-order valence-electron chi connectivity index (χ4n) is 3.47. The zero-order chi connectivity index (χ0) is 13.2. The molecule has 1 aliphatic heterocycles. The summed E-state index contributed by atoms with van der Waals surface area (Å²) in [6, 6.07) is 1.51. The molecule has 0 aromatic carbocycles. The zero-order valence-corrected chi connectivity index (χ0v) is 13.4. The first kappa shape index (κ1) is 14.7. The Morgan fingerprint density at radius 1 is 1.39 bits per heavy atom. The van der Waals surface area contributed by atoms with Crippen LogP contribution in [0.15, 0.2) is 0 Å². The number of nitrogens with zero attached hydrogens (tertiary/aromatic N) is 1. The molecule has 0 aromatic heterocycles. The van der Waals surface area contributed by atoms with Crippen LogP contribution in [0.2, 0.25) is 0 Å². The van der Waals surface area contributed by atoms with E-state index in [2.05, 4.69) is 37.2 Å². The Hall–Kier alpha value is 0.270. The maximum atomic E-state index is 3.86. The maximum Gasteiger partial charge on any atom is 0.0309 e. The van der Waals surface area contributed by atoms with Gasteiger partial charge in [-0.25, -0.2) is 0 Å². The van der Waals surface area contributed by atoms with Gasteiger partial charge in [-0.2, -0.15) is 11.8 Å². The van der Waals surface area contributed by atoms with Gasteiger partial charge in [0.25, 0.3) is 0 Å². The number of hydrogen-bond donors (Lipinski definition) is 1. The zero-order valence-electron chi connectivity index (χ0n) is 12.5. The molecule has 2 nitrogen and oxygen atoms in total. The largest absolute Gasteiger partial charge is 0.308 e. The molecule has 1 aliphatic carbocycles. The first-order valence-electron chi connectivity index (χ1n) is 7.64. The van der Waals surface area contributed by atoms with Crippen LogP contribution in [0.25, 0.3) is 0 Å². The first-order valence-corrected chi connectivity index (χ1v) is 9.03. The summed E-state index contributed by atoms with van der Waals surface area (Å²) in [4.78, 5) is 2.82. The average molecular weight is 270 g/mol. The number of rotatable bonds is 6. The maximum absolute atomic E-state index is 3.86. The molecule has 0 spiro atoms. The number of thioether (sulfide) groups is 1. The monoisotopic (exact) mass is 270 g/mol. The summed E-state index contributed by atoms with van der Waals surface area (Å²) in [5.41, 5.74) is 0.386. The Balaban J connectivity index is 2.06. The second-order valence-electron chi connectivity index (χ2n) is 6.32. The van der Waals surface area contributed by atoms with E-state index in [1.54, 1.807) is 0 Å². The Morgan fingerprint density at radius 3 is 2.61 bits per heavy atom. The summed E-state index contributed by atoms with van der Waals surface area (Å²) in [6.07, 6.45) is 7.68. The van der Waals surface area contributed by atoms with E-state index in [1.807, 2.05) is 11.8 Å². The second-order valence-corrected chi connectivity index (χ2v) is 7.24. The molecule has 1 N–H and O–H groups in total. The molecule has 18 heavy (non-hydrogen) atoms. The predicted molar refractivity (Wildman–Crippen MR) is 82.4 cm³/mol. The minimum atomic E-state index is 0.386. The van der Waals surface area contributed by atoms with E-state index in [4.69, 9.17) is 0 Å². The summed E-state index contributed by atoms with van der Waals surface area (Å²) >= 11 is 2.00. The summed E-state index contributed by atoms with van der Waals surface area (Å²) < 4.78 is 0. The van der Waals surface area contributed by atoms with Crippen LogP contribution in [0.3, 0.4) is 0 Å². The highest BCUT2D eigenvalue weighted by molar-refractivity contribution is 7.98. The van der Waals surface area contributed by atoms with Crippen LogP contribution in [0.1, 0.15) is 46.5 Å². The summed E-state index contributed by atoms with van der Waals surface area (Å²) in [5, 5.41) is 3.86. The van der Waals surface area contributed by atoms with Crippen LogP contribution in [0.4, 0.5) is 0 Å². The normalized spacial score (nSPS) is 35.7. The minimum Gasteiger partial charge on any atom is -0.308 e. The Bertz CT molecular complexity index is 267. The van der Waals surface area contributed by atoms with Crippen molar-refractivity contribution in [2.75, 3.05) is 25.1 Å². The number of nitrogens with one attached hydrogen (secondary N) is 1. The van der Waals surface area contributed by atoms with Gasteiger partial charge in [-0.1, -0.05) is 13.8 Å². The van der Waals surface area contributed by atoms with Crippen molar-refractivity contribution in [2.24, 2.45) is 5.92 Å². The summed E-state index contributed by atoms with van der Waals surface area (Å²) in [5.74, 6) is 2.22. The molecule has 106 valence electrons. The van der Waals surface area contributed by atoms with Gasteiger partial charge in [0.05, 0.1) is 0 Å². The number of piperazine rings is 1. The Kier molecular flexibility index (Phi) is 5.01. The van der Waals surface area contributed by atoms with E-state index >= 15 is 0 Å². The molecule has 2 fully saturated rings. The van der Waals surface area contributed by atoms with E-state index in [1.165, 1.54) is 44.5 Å².